The van der Waals surface area contributed by atoms with Crippen molar-refractivity contribution >= 4 is 11.7 Å². The van der Waals surface area contributed by atoms with Gasteiger partial charge in [0, 0.05) is 38.4 Å². The first-order valence-corrected chi connectivity index (χ1v) is 6.84. The SMILES string of the molecule is CNC(=O)c1ccc(N2CC3CCC2CN3C)nc1. The van der Waals surface area contributed by atoms with Crippen LogP contribution in [0.4, 0.5) is 5.82 Å². The Kier molecular flexibility index (Phi) is 3.14. The zero-order chi connectivity index (χ0) is 13.4. The van der Waals surface area contributed by atoms with E-state index in [0.717, 1.165) is 18.9 Å². The quantitative estimate of drug-likeness (QED) is 0.851. The maximum Gasteiger partial charge on any atom is 0.252 e. The minimum absolute atomic E-state index is 0.0843. The van der Waals surface area contributed by atoms with Crippen LogP contribution < -0.4 is 10.2 Å². The van der Waals surface area contributed by atoms with Crippen LogP contribution in [0, 0.1) is 0 Å². The maximum atomic E-state index is 11.5. The van der Waals surface area contributed by atoms with E-state index in [0.29, 0.717) is 17.6 Å². The van der Waals surface area contributed by atoms with Crippen LogP contribution in [0.1, 0.15) is 23.2 Å². The number of hydrogen-bond donors (Lipinski definition) is 1. The Hall–Kier alpha value is -1.62. The molecule has 3 aliphatic heterocycles. The number of anilines is 1. The number of aromatic nitrogens is 1. The molecule has 3 aliphatic rings. The van der Waals surface area contributed by atoms with Gasteiger partial charge in [0.05, 0.1) is 5.56 Å². The summed E-state index contributed by atoms with van der Waals surface area (Å²) in [6, 6.07) is 5.03. The summed E-state index contributed by atoms with van der Waals surface area (Å²) >= 11 is 0. The van der Waals surface area contributed by atoms with Gasteiger partial charge in [0.15, 0.2) is 0 Å². The molecule has 0 radical (unpaired) electrons. The van der Waals surface area contributed by atoms with E-state index in [1.165, 1.54) is 12.8 Å². The van der Waals surface area contributed by atoms with Crippen LogP contribution in [-0.4, -0.2) is 55.1 Å². The second kappa shape index (κ2) is 4.81. The summed E-state index contributed by atoms with van der Waals surface area (Å²) in [5.74, 6) is 0.911. The van der Waals surface area contributed by atoms with E-state index in [1.807, 2.05) is 12.1 Å². The van der Waals surface area contributed by atoms with Crippen molar-refractivity contribution in [2.45, 2.75) is 24.9 Å². The number of carbonyl (C=O) groups is 1. The predicted octanol–water partition coefficient (Wildman–Crippen LogP) is 0.724. The van der Waals surface area contributed by atoms with E-state index in [1.54, 1.807) is 13.2 Å². The number of piperidine rings is 2. The van der Waals surface area contributed by atoms with Gasteiger partial charge in [-0.3, -0.25) is 9.69 Å². The molecule has 0 aliphatic carbocycles. The summed E-state index contributed by atoms with van der Waals surface area (Å²) in [7, 11) is 3.84. The van der Waals surface area contributed by atoms with Crippen molar-refractivity contribution in [2.75, 3.05) is 32.1 Å². The summed E-state index contributed by atoms with van der Waals surface area (Å²) in [6.07, 6.45) is 4.20. The van der Waals surface area contributed by atoms with E-state index in [4.69, 9.17) is 0 Å². The molecule has 2 bridgehead atoms. The molecule has 102 valence electrons. The zero-order valence-electron chi connectivity index (χ0n) is 11.5. The highest BCUT2D eigenvalue weighted by Crippen LogP contribution is 2.30. The lowest BCUT2D eigenvalue weighted by molar-refractivity contribution is 0.0962. The molecule has 1 aromatic heterocycles. The molecule has 1 amide bonds. The fourth-order valence-corrected chi connectivity index (χ4v) is 3.15. The highest BCUT2D eigenvalue weighted by atomic mass is 16.1. The van der Waals surface area contributed by atoms with Gasteiger partial charge in [-0.2, -0.15) is 0 Å². The van der Waals surface area contributed by atoms with Crippen LogP contribution in [0.15, 0.2) is 18.3 Å². The molecule has 1 aromatic rings. The van der Waals surface area contributed by atoms with Gasteiger partial charge in [-0.25, -0.2) is 4.98 Å². The normalized spacial score (nSPS) is 26.5. The third-order valence-electron chi connectivity index (χ3n) is 4.33. The molecule has 4 heterocycles. The summed E-state index contributed by atoms with van der Waals surface area (Å²) < 4.78 is 0. The Bertz CT molecular complexity index is 473. The van der Waals surface area contributed by atoms with Gasteiger partial charge >= 0.3 is 0 Å². The van der Waals surface area contributed by atoms with Crippen LogP contribution in [-0.2, 0) is 0 Å². The fourth-order valence-electron chi connectivity index (χ4n) is 3.15. The summed E-state index contributed by atoms with van der Waals surface area (Å²) in [6.45, 7) is 2.16. The molecule has 5 heteroatoms. The van der Waals surface area contributed by atoms with Crippen molar-refractivity contribution < 1.29 is 4.79 Å². The maximum absolute atomic E-state index is 11.5. The van der Waals surface area contributed by atoms with E-state index in [-0.39, 0.29) is 5.91 Å². The molecule has 0 spiro atoms. The molecule has 4 rings (SSSR count). The molecule has 2 atom stereocenters. The van der Waals surface area contributed by atoms with Crippen molar-refractivity contribution in [3.05, 3.63) is 23.9 Å². The number of nitrogens with zero attached hydrogens (tertiary/aromatic N) is 3. The lowest BCUT2D eigenvalue weighted by Crippen LogP contribution is -2.61. The molecule has 3 saturated heterocycles. The highest BCUT2D eigenvalue weighted by Gasteiger charge is 2.37. The first-order chi connectivity index (χ1) is 9.19. The third kappa shape index (κ3) is 2.18. The number of nitrogens with one attached hydrogen (secondary N) is 1. The van der Waals surface area contributed by atoms with Gasteiger partial charge < -0.3 is 10.2 Å². The minimum Gasteiger partial charge on any atom is -0.355 e. The first-order valence-electron chi connectivity index (χ1n) is 6.84. The summed E-state index contributed by atoms with van der Waals surface area (Å²) in [5, 5.41) is 2.61. The van der Waals surface area contributed by atoms with Crippen molar-refractivity contribution in [3.8, 4) is 0 Å². The number of amides is 1. The lowest BCUT2D eigenvalue weighted by Gasteiger charge is -2.50. The molecule has 2 unspecified atom stereocenters. The number of pyridine rings is 1. The predicted molar refractivity (Wildman–Crippen MR) is 74.4 cm³/mol. The number of fused-ring (bicyclic) bond motifs is 3. The second-order valence-corrected chi connectivity index (χ2v) is 5.46. The molecule has 0 saturated carbocycles. The third-order valence-corrected chi connectivity index (χ3v) is 4.33. The van der Waals surface area contributed by atoms with E-state index < -0.39 is 0 Å². The number of rotatable bonds is 2. The number of carbonyl (C=O) groups excluding carboxylic acids is 1. The van der Waals surface area contributed by atoms with Crippen molar-refractivity contribution in [1.82, 2.24) is 15.2 Å². The smallest absolute Gasteiger partial charge is 0.252 e. The largest absolute Gasteiger partial charge is 0.355 e. The summed E-state index contributed by atoms with van der Waals surface area (Å²) in [4.78, 5) is 20.8. The lowest BCUT2D eigenvalue weighted by atomic mass is 9.91. The molecular weight excluding hydrogens is 240 g/mol. The second-order valence-electron chi connectivity index (χ2n) is 5.46. The summed E-state index contributed by atoms with van der Waals surface area (Å²) in [5.41, 5.74) is 0.616. The Balaban J connectivity index is 1.78. The van der Waals surface area contributed by atoms with Crippen LogP contribution >= 0.6 is 0 Å². The topological polar surface area (TPSA) is 48.5 Å². The van der Waals surface area contributed by atoms with Gasteiger partial charge in [-0.05, 0) is 32.0 Å². The molecular formula is C14H20N4O. The number of piperazine rings is 1. The van der Waals surface area contributed by atoms with Crippen LogP contribution in [0.2, 0.25) is 0 Å². The molecule has 0 aromatic carbocycles. The van der Waals surface area contributed by atoms with Crippen LogP contribution in [0.3, 0.4) is 0 Å². The zero-order valence-corrected chi connectivity index (χ0v) is 11.5. The highest BCUT2D eigenvalue weighted by molar-refractivity contribution is 5.93. The van der Waals surface area contributed by atoms with Crippen molar-refractivity contribution in [1.29, 1.82) is 0 Å². The Morgan fingerprint density at radius 3 is 2.63 bits per heavy atom. The van der Waals surface area contributed by atoms with Gasteiger partial charge in [0.2, 0.25) is 0 Å². The number of likely N-dealkylation sites (N-methyl/N-ethyl adjacent to an activating group) is 1. The van der Waals surface area contributed by atoms with Crippen LogP contribution in [0.5, 0.6) is 0 Å². The molecule has 5 nitrogen and oxygen atoms in total. The number of hydrogen-bond acceptors (Lipinski definition) is 4. The van der Waals surface area contributed by atoms with Crippen LogP contribution in [0.25, 0.3) is 0 Å². The Morgan fingerprint density at radius 1 is 1.32 bits per heavy atom. The van der Waals surface area contributed by atoms with E-state index in [2.05, 4.69) is 27.1 Å². The monoisotopic (exact) mass is 260 g/mol. The minimum atomic E-state index is -0.0843. The van der Waals surface area contributed by atoms with Crippen molar-refractivity contribution in [2.24, 2.45) is 0 Å². The van der Waals surface area contributed by atoms with Gasteiger partial charge in [0.25, 0.3) is 5.91 Å². The van der Waals surface area contributed by atoms with Crippen molar-refractivity contribution in [3.63, 3.8) is 0 Å². The van der Waals surface area contributed by atoms with Gasteiger partial charge in [-0.15, -0.1) is 0 Å². The average molecular weight is 260 g/mol. The van der Waals surface area contributed by atoms with Gasteiger partial charge in [-0.1, -0.05) is 0 Å². The Morgan fingerprint density at radius 2 is 2.11 bits per heavy atom. The van der Waals surface area contributed by atoms with Gasteiger partial charge in [0.1, 0.15) is 5.82 Å². The Labute approximate surface area is 113 Å². The van der Waals surface area contributed by atoms with E-state index >= 15 is 0 Å². The molecule has 19 heavy (non-hydrogen) atoms. The standard InChI is InChI=1S/C14H20N4O/c1-15-14(19)10-3-6-13(16-7-10)18-9-11-4-5-12(18)8-17(11)2/h3,6-7,11-12H,4-5,8-9H2,1-2H3,(H,15,19). The molecule has 3 fully saturated rings. The first kappa shape index (κ1) is 12.4. The fraction of sp³-hybridized carbons (Fsp3) is 0.571. The average Bonchev–Trinajstić information content (AvgIpc) is 2.47. The van der Waals surface area contributed by atoms with E-state index in [9.17, 15) is 4.79 Å². The molecule has 1 N–H and O–H groups in total.